The fourth-order valence-electron chi connectivity index (χ4n) is 2.05. The summed E-state index contributed by atoms with van der Waals surface area (Å²) in [5.41, 5.74) is 10.1. The lowest BCUT2D eigenvalue weighted by Crippen LogP contribution is -1.90. The monoisotopic (exact) mass is 223 g/mol. The number of nitrogens with one attached hydrogen (secondary N) is 1. The number of aryl methyl sites for hydroxylation is 1. The molecule has 0 aliphatic heterocycles. The number of aromatic amines is 1. The highest BCUT2D eigenvalue weighted by atomic mass is 14.8. The van der Waals surface area contributed by atoms with Crippen LogP contribution in [0.5, 0.6) is 0 Å². The number of rotatable bonds is 1. The van der Waals surface area contributed by atoms with E-state index in [1.807, 2.05) is 18.3 Å². The van der Waals surface area contributed by atoms with E-state index in [9.17, 15) is 0 Å². The number of H-pyrrole nitrogens is 1. The summed E-state index contributed by atoms with van der Waals surface area (Å²) in [6.45, 7) is 2.09. The smallest absolute Gasteiger partial charge is 0.124 e. The van der Waals surface area contributed by atoms with Crippen LogP contribution in [0.1, 0.15) is 5.56 Å². The van der Waals surface area contributed by atoms with Crippen molar-refractivity contribution in [2.24, 2.45) is 0 Å². The first-order valence-corrected chi connectivity index (χ1v) is 5.55. The van der Waals surface area contributed by atoms with Crippen molar-refractivity contribution in [3.63, 3.8) is 0 Å². The van der Waals surface area contributed by atoms with Gasteiger partial charge in [-0.05, 0) is 31.2 Å². The van der Waals surface area contributed by atoms with Gasteiger partial charge in [-0.2, -0.15) is 0 Å². The van der Waals surface area contributed by atoms with Crippen LogP contribution in [-0.2, 0) is 0 Å². The van der Waals surface area contributed by atoms with Crippen LogP contribution in [0.4, 0.5) is 5.82 Å². The lowest BCUT2D eigenvalue weighted by atomic mass is 10.1. The molecule has 84 valence electrons. The minimum absolute atomic E-state index is 0.546. The minimum Gasteiger partial charge on any atom is -0.384 e. The molecule has 3 rings (SSSR count). The van der Waals surface area contributed by atoms with Crippen molar-refractivity contribution in [3.05, 3.63) is 48.2 Å². The highest BCUT2D eigenvalue weighted by Gasteiger charge is 2.07. The number of fused-ring (bicyclic) bond motifs is 1. The molecule has 3 aromatic rings. The van der Waals surface area contributed by atoms with Crippen molar-refractivity contribution in [1.29, 1.82) is 0 Å². The summed E-state index contributed by atoms with van der Waals surface area (Å²) in [5.74, 6) is 0.546. The van der Waals surface area contributed by atoms with Gasteiger partial charge in [-0.25, -0.2) is 4.98 Å². The fraction of sp³-hybridized carbons (Fsp3) is 0.0714. The molecule has 0 radical (unpaired) electrons. The average molecular weight is 223 g/mol. The Hall–Kier alpha value is -2.29. The van der Waals surface area contributed by atoms with E-state index in [0.29, 0.717) is 5.82 Å². The average Bonchev–Trinajstić information content (AvgIpc) is 2.71. The molecule has 0 aliphatic rings. The third kappa shape index (κ3) is 1.65. The molecular weight excluding hydrogens is 210 g/mol. The van der Waals surface area contributed by atoms with Gasteiger partial charge >= 0.3 is 0 Å². The largest absolute Gasteiger partial charge is 0.384 e. The molecule has 2 aromatic heterocycles. The van der Waals surface area contributed by atoms with Crippen molar-refractivity contribution in [2.75, 3.05) is 5.73 Å². The number of aromatic nitrogens is 2. The molecule has 3 heteroatoms. The van der Waals surface area contributed by atoms with Gasteiger partial charge in [0.05, 0.1) is 5.69 Å². The molecule has 3 nitrogen and oxygen atoms in total. The van der Waals surface area contributed by atoms with Gasteiger partial charge in [-0.1, -0.05) is 17.7 Å². The number of pyridine rings is 1. The van der Waals surface area contributed by atoms with E-state index in [1.165, 1.54) is 10.9 Å². The molecule has 0 saturated heterocycles. The summed E-state index contributed by atoms with van der Waals surface area (Å²) < 4.78 is 0. The molecule has 0 unspecified atom stereocenters. The third-order valence-corrected chi connectivity index (χ3v) is 2.88. The van der Waals surface area contributed by atoms with E-state index in [1.54, 1.807) is 6.07 Å². The van der Waals surface area contributed by atoms with Gasteiger partial charge in [0.1, 0.15) is 5.82 Å². The molecule has 0 fully saturated rings. The molecule has 0 atom stereocenters. The normalized spacial score (nSPS) is 10.9. The Morgan fingerprint density at radius 1 is 1.18 bits per heavy atom. The van der Waals surface area contributed by atoms with Gasteiger partial charge in [-0.3, -0.25) is 0 Å². The number of benzene rings is 1. The number of nitrogen functional groups attached to an aromatic ring is 1. The Morgan fingerprint density at radius 2 is 2.06 bits per heavy atom. The summed E-state index contributed by atoms with van der Waals surface area (Å²) in [4.78, 5) is 7.61. The molecule has 0 aliphatic carbocycles. The number of anilines is 1. The fourth-order valence-corrected chi connectivity index (χ4v) is 2.05. The Balaban J connectivity index is 2.27. The van der Waals surface area contributed by atoms with Gasteiger partial charge in [0, 0.05) is 22.7 Å². The van der Waals surface area contributed by atoms with E-state index in [-0.39, 0.29) is 0 Å². The number of hydrogen-bond donors (Lipinski definition) is 2. The van der Waals surface area contributed by atoms with E-state index in [2.05, 4.69) is 35.1 Å². The zero-order valence-electron chi connectivity index (χ0n) is 9.57. The maximum atomic E-state index is 5.72. The van der Waals surface area contributed by atoms with E-state index >= 15 is 0 Å². The van der Waals surface area contributed by atoms with Crippen LogP contribution in [-0.4, -0.2) is 9.97 Å². The molecule has 0 bridgehead atoms. The van der Waals surface area contributed by atoms with Gasteiger partial charge in [-0.15, -0.1) is 0 Å². The van der Waals surface area contributed by atoms with Crippen LogP contribution in [0.3, 0.4) is 0 Å². The summed E-state index contributed by atoms with van der Waals surface area (Å²) in [5, 5.41) is 1.18. The molecule has 3 N–H and O–H groups in total. The van der Waals surface area contributed by atoms with Gasteiger partial charge in [0.2, 0.25) is 0 Å². The van der Waals surface area contributed by atoms with Crippen molar-refractivity contribution in [2.45, 2.75) is 6.92 Å². The van der Waals surface area contributed by atoms with Crippen LogP contribution in [0.25, 0.3) is 22.2 Å². The summed E-state index contributed by atoms with van der Waals surface area (Å²) in [7, 11) is 0. The van der Waals surface area contributed by atoms with Crippen LogP contribution < -0.4 is 5.73 Å². The predicted molar refractivity (Wildman–Crippen MR) is 70.7 cm³/mol. The Morgan fingerprint density at radius 3 is 2.88 bits per heavy atom. The number of nitrogens with zero attached hydrogens (tertiary/aromatic N) is 1. The Labute approximate surface area is 99.3 Å². The Bertz CT molecular complexity index is 683. The topological polar surface area (TPSA) is 54.7 Å². The van der Waals surface area contributed by atoms with Gasteiger partial charge in [0.15, 0.2) is 0 Å². The third-order valence-electron chi connectivity index (χ3n) is 2.88. The molecule has 0 spiro atoms. The summed E-state index contributed by atoms with van der Waals surface area (Å²) >= 11 is 0. The maximum Gasteiger partial charge on any atom is 0.124 e. The SMILES string of the molecule is Cc1ccc2[nH]cc(-c3cccc(N)n3)c2c1. The minimum atomic E-state index is 0.546. The van der Waals surface area contributed by atoms with Crippen LogP contribution in [0, 0.1) is 6.92 Å². The zero-order valence-corrected chi connectivity index (χ0v) is 9.57. The second kappa shape index (κ2) is 3.63. The van der Waals surface area contributed by atoms with E-state index in [4.69, 9.17) is 5.73 Å². The lowest BCUT2D eigenvalue weighted by Gasteiger charge is -2.00. The van der Waals surface area contributed by atoms with Crippen molar-refractivity contribution < 1.29 is 0 Å². The first-order valence-electron chi connectivity index (χ1n) is 5.55. The number of nitrogens with two attached hydrogens (primary N) is 1. The quantitative estimate of drug-likeness (QED) is 0.666. The summed E-state index contributed by atoms with van der Waals surface area (Å²) in [6, 6.07) is 12.0. The molecule has 1 aromatic carbocycles. The first-order chi connectivity index (χ1) is 8.24. The molecule has 17 heavy (non-hydrogen) atoms. The lowest BCUT2D eigenvalue weighted by molar-refractivity contribution is 1.33. The van der Waals surface area contributed by atoms with Crippen LogP contribution in [0.2, 0.25) is 0 Å². The van der Waals surface area contributed by atoms with E-state index in [0.717, 1.165) is 16.8 Å². The summed E-state index contributed by atoms with van der Waals surface area (Å²) in [6.07, 6.45) is 1.98. The zero-order chi connectivity index (χ0) is 11.8. The predicted octanol–water partition coefficient (Wildman–Crippen LogP) is 3.12. The van der Waals surface area contributed by atoms with Crippen molar-refractivity contribution >= 4 is 16.7 Å². The highest BCUT2D eigenvalue weighted by Crippen LogP contribution is 2.28. The standard InChI is InChI=1S/C14H13N3/c1-9-5-6-12-10(7-9)11(8-16-12)13-3-2-4-14(15)17-13/h2-8,16H,1H3,(H2,15,17). The van der Waals surface area contributed by atoms with E-state index < -0.39 is 0 Å². The molecular formula is C14H13N3. The van der Waals surface area contributed by atoms with Crippen molar-refractivity contribution in [3.8, 4) is 11.3 Å². The van der Waals surface area contributed by atoms with Gasteiger partial charge < -0.3 is 10.7 Å². The molecule has 0 saturated carbocycles. The second-order valence-corrected chi connectivity index (χ2v) is 4.20. The number of hydrogen-bond acceptors (Lipinski definition) is 2. The van der Waals surface area contributed by atoms with Crippen molar-refractivity contribution in [1.82, 2.24) is 9.97 Å². The van der Waals surface area contributed by atoms with Crippen LogP contribution in [0.15, 0.2) is 42.6 Å². The second-order valence-electron chi connectivity index (χ2n) is 4.20. The molecule has 0 amide bonds. The maximum absolute atomic E-state index is 5.72. The Kier molecular flexibility index (Phi) is 2.11. The van der Waals surface area contributed by atoms with Crippen LogP contribution >= 0.6 is 0 Å². The van der Waals surface area contributed by atoms with Gasteiger partial charge in [0.25, 0.3) is 0 Å². The first kappa shape index (κ1) is 9.90. The molecule has 2 heterocycles. The highest BCUT2D eigenvalue weighted by molar-refractivity contribution is 5.95.